The molecule has 96 valence electrons. The van der Waals surface area contributed by atoms with Crippen molar-refractivity contribution in [2.45, 2.75) is 0 Å². The molecule has 1 heterocycles. The van der Waals surface area contributed by atoms with Crippen molar-refractivity contribution in [1.82, 2.24) is 4.98 Å². The van der Waals surface area contributed by atoms with Gasteiger partial charge in [0.25, 0.3) is 0 Å². The lowest BCUT2D eigenvalue weighted by molar-refractivity contribution is 0.631. The van der Waals surface area contributed by atoms with E-state index in [1.54, 1.807) is 12.1 Å². The van der Waals surface area contributed by atoms with Crippen LogP contribution in [-0.4, -0.2) is 4.98 Å². The highest BCUT2D eigenvalue weighted by Crippen LogP contribution is 2.31. The fourth-order valence-corrected chi connectivity index (χ4v) is 3.20. The Kier molecular flexibility index (Phi) is 3.56. The van der Waals surface area contributed by atoms with E-state index in [0.717, 1.165) is 14.7 Å². The highest BCUT2D eigenvalue weighted by atomic mass is 79.9. The number of fused-ring (bicyclic) bond motifs is 1. The minimum Gasteiger partial charge on any atom is -0.329 e. The van der Waals surface area contributed by atoms with Crippen LogP contribution in [0.1, 0.15) is 0 Å². The minimum atomic E-state index is -0.310. The molecule has 0 saturated heterocycles. The van der Waals surface area contributed by atoms with Gasteiger partial charge in [-0.1, -0.05) is 43.2 Å². The van der Waals surface area contributed by atoms with Crippen molar-refractivity contribution < 1.29 is 4.39 Å². The maximum Gasteiger partial charge on any atom is 0.188 e. The maximum absolute atomic E-state index is 13.7. The van der Waals surface area contributed by atoms with Gasteiger partial charge < -0.3 is 5.32 Å². The topological polar surface area (TPSA) is 24.9 Å². The molecule has 3 aromatic rings. The number of thiazole rings is 1. The van der Waals surface area contributed by atoms with Crippen LogP contribution in [-0.2, 0) is 0 Å². The number of aromatic nitrogens is 1. The summed E-state index contributed by atoms with van der Waals surface area (Å²) in [4.78, 5) is 4.43. The first-order chi connectivity index (χ1) is 9.11. The summed E-state index contributed by atoms with van der Waals surface area (Å²) in [6.07, 6.45) is 0. The van der Waals surface area contributed by atoms with E-state index in [0.29, 0.717) is 15.3 Å². The molecule has 0 bridgehead atoms. The molecular formula is C13H7Br2FN2S. The number of anilines is 2. The fraction of sp³-hybridized carbons (Fsp3) is 0. The molecule has 0 fully saturated rings. The third-order valence-corrected chi connectivity index (χ3v) is 4.46. The van der Waals surface area contributed by atoms with Gasteiger partial charge in [0.2, 0.25) is 0 Å². The number of nitrogens with zero attached hydrogens (tertiary/aromatic N) is 1. The quantitative estimate of drug-likeness (QED) is 0.595. The molecule has 19 heavy (non-hydrogen) atoms. The van der Waals surface area contributed by atoms with E-state index >= 15 is 0 Å². The number of hydrogen-bond donors (Lipinski definition) is 1. The number of halogens is 3. The lowest BCUT2D eigenvalue weighted by Gasteiger charge is -2.03. The Bertz CT molecular complexity index is 757. The van der Waals surface area contributed by atoms with Crippen molar-refractivity contribution in [1.29, 1.82) is 0 Å². The Balaban J connectivity index is 1.96. The lowest BCUT2D eigenvalue weighted by atomic mass is 10.3. The molecule has 1 aromatic heterocycles. The standard InChI is InChI=1S/C13H7Br2FN2S/c14-7-1-3-10(9(16)5-7)17-13-18-11-6-8(15)2-4-12(11)19-13/h1-6H,(H,17,18). The van der Waals surface area contributed by atoms with E-state index < -0.39 is 0 Å². The number of benzene rings is 2. The Hall–Kier alpha value is -0.980. The van der Waals surface area contributed by atoms with Gasteiger partial charge in [-0.05, 0) is 36.4 Å². The smallest absolute Gasteiger partial charge is 0.188 e. The molecule has 0 aliphatic carbocycles. The fourth-order valence-electron chi connectivity index (χ4n) is 1.66. The average Bonchev–Trinajstić information content (AvgIpc) is 2.74. The molecule has 0 unspecified atom stereocenters. The van der Waals surface area contributed by atoms with E-state index in [-0.39, 0.29) is 5.82 Å². The Morgan fingerprint density at radius 3 is 2.58 bits per heavy atom. The molecule has 2 aromatic carbocycles. The molecule has 0 amide bonds. The predicted octanol–water partition coefficient (Wildman–Crippen LogP) is 5.70. The highest BCUT2D eigenvalue weighted by molar-refractivity contribution is 9.10. The van der Waals surface area contributed by atoms with Crippen molar-refractivity contribution in [3.63, 3.8) is 0 Å². The maximum atomic E-state index is 13.7. The van der Waals surface area contributed by atoms with Crippen LogP contribution >= 0.6 is 43.2 Å². The minimum absolute atomic E-state index is 0.310. The molecule has 0 aliphatic rings. The Morgan fingerprint density at radius 1 is 1.05 bits per heavy atom. The van der Waals surface area contributed by atoms with Gasteiger partial charge in [0.05, 0.1) is 15.9 Å². The van der Waals surface area contributed by atoms with E-state index in [2.05, 4.69) is 42.2 Å². The largest absolute Gasteiger partial charge is 0.329 e. The van der Waals surface area contributed by atoms with Crippen LogP contribution in [0.25, 0.3) is 10.2 Å². The first-order valence-electron chi connectivity index (χ1n) is 5.40. The summed E-state index contributed by atoms with van der Waals surface area (Å²) in [5.74, 6) is -0.310. The van der Waals surface area contributed by atoms with Crippen LogP contribution in [0.5, 0.6) is 0 Å². The van der Waals surface area contributed by atoms with Gasteiger partial charge in [0, 0.05) is 8.95 Å². The molecule has 3 rings (SSSR count). The highest BCUT2D eigenvalue weighted by Gasteiger charge is 2.07. The molecule has 0 radical (unpaired) electrons. The molecular weight excluding hydrogens is 395 g/mol. The van der Waals surface area contributed by atoms with Crippen LogP contribution < -0.4 is 5.32 Å². The van der Waals surface area contributed by atoms with E-state index in [1.807, 2.05) is 18.2 Å². The molecule has 6 heteroatoms. The predicted molar refractivity (Wildman–Crippen MR) is 84.7 cm³/mol. The third-order valence-electron chi connectivity index (χ3n) is 2.52. The molecule has 0 atom stereocenters. The van der Waals surface area contributed by atoms with E-state index in [1.165, 1.54) is 17.4 Å². The Labute approximate surface area is 129 Å². The van der Waals surface area contributed by atoms with Gasteiger partial charge in [-0.3, -0.25) is 0 Å². The summed E-state index contributed by atoms with van der Waals surface area (Å²) in [6.45, 7) is 0. The monoisotopic (exact) mass is 400 g/mol. The second kappa shape index (κ2) is 5.19. The Morgan fingerprint density at radius 2 is 1.79 bits per heavy atom. The second-order valence-corrected chi connectivity index (χ2v) is 6.74. The van der Waals surface area contributed by atoms with Crippen LogP contribution in [0.4, 0.5) is 15.2 Å². The number of nitrogens with one attached hydrogen (secondary N) is 1. The summed E-state index contributed by atoms with van der Waals surface area (Å²) in [5.41, 5.74) is 1.31. The summed E-state index contributed by atoms with van der Waals surface area (Å²) in [5, 5.41) is 3.68. The SMILES string of the molecule is Fc1cc(Br)ccc1Nc1nc2cc(Br)ccc2s1. The van der Waals surface area contributed by atoms with E-state index in [9.17, 15) is 4.39 Å². The molecule has 2 nitrogen and oxygen atoms in total. The van der Waals surface area contributed by atoms with Crippen molar-refractivity contribution >= 4 is 64.2 Å². The third kappa shape index (κ3) is 2.80. The lowest BCUT2D eigenvalue weighted by Crippen LogP contribution is -1.92. The molecule has 0 aliphatic heterocycles. The summed E-state index contributed by atoms with van der Waals surface area (Å²) in [6, 6.07) is 10.8. The van der Waals surface area contributed by atoms with Gasteiger partial charge in [0.15, 0.2) is 5.13 Å². The molecule has 1 N–H and O–H groups in total. The van der Waals surface area contributed by atoms with Crippen LogP contribution in [0, 0.1) is 5.82 Å². The van der Waals surface area contributed by atoms with Gasteiger partial charge >= 0.3 is 0 Å². The summed E-state index contributed by atoms with van der Waals surface area (Å²) < 4.78 is 16.5. The number of hydrogen-bond acceptors (Lipinski definition) is 3. The van der Waals surface area contributed by atoms with Crippen molar-refractivity contribution in [3.05, 3.63) is 51.2 Å². The van der Waals surface area contributed by atoms with Gasteiger partial charge in [-0.25, -0.2) is 9.37 Å². The normalized spacial score (nSPS) is 10.9. The van der Waals surface area contributed by atoms with Crippen molar-refractivity contribution in [2.24, 2.45) is 0 Å². The van der Waals surface area contributed by atoms with Crippen LogP contribution in [0.15, 0.2) is 45.3 Å². The zero-order chi connectivity index (χ0) is 13.4. The van der Waals surface area contributed by atoms with Gasteiger partial charge in [-0.15, -0.1) is 0 Å². The van der Waals surface area contributed by atoms with Gasteiger partial charge in [0.1, 0.15) is 5.82 Å². The first kappa shape index (κ1) is 13.0. The summed E-state index contributed by atoms with van der Waals surface area (Å²) in [7, 11) is 0. The second-order valence-electron chi connectivity index (χ2n) is 3.88. The first-order valence-corrected chi connectivity index (χ1v) is 7.80. The van der Waals surface area contributed by atoms with Crippen LogP contribution in [0.3, 0.4) is 0 Å². The summed E-state index contributed by atoms with van der Waals surface area (Å²) >= 11 is 8.13. The zero-order valence-corrected chi connectivity index (χ0v) is 13.4. The van der Waals surface area contributed by atoms with Crippen molar-refractivity contribution in [3.8, 4) is 0 Å². The molecule has 0 spiro atoms. The molecule has 0 saturated carbocycles. The zero-order valence-electron chi connectivity index (χ0n) is 9.45. The average molecular weight is 402 g/mol. The van der Waals surface area contributed by atoms with E-state index in [4.69, 9.17) is 0 Å². The van der Waals surface area contributed by atoms with Crippen LogP contribution in [0.2, 0.25) is 0 Å². The van der Waals surface area contributed by atoms with Gasteiger partial charge in [-0.2, -0.15) is 0 Å². The van der Waals surface area contributed by atoms with Crippen molar-refractivity contribution in [2.75, 3.05) is 5.32 Å². The number of rotatable bonds is 2.